The molecule has 0 bridgehead atoms. The van der Waals surface area contributed by atoms with E-state index in [-0.39, 0.29) is 17.6 Å². The Morgan fingerprint density at radius 3 is 2.12 bits per heavy atom. The Morgan fingerprint density at radius 2 is 1.58 bits per heavy atom. The first-order chi connectivity index (χ1) is 12.4. The zero-order valence-corrected chi connectivity index (χ0v) is 14.4. The highest BCUT2D eigenvalue weighted by Crippen LogP contribution is 2.18. The van der Waals surface area contributed by atoms with Gasteiger partial charge in [0.1, 0.15) is 11.8 Å². The number of nitrogens with one attached hydrogen (secondary N) is 2. The third kappa shape index (κ3) is 5.54. The highest BCUT2D eigenvalue weighted by molar-refractivity contribution is 6.01. The molecule has 7 heteroatoms. The van der Waals surface area contributed by atoms with Crippen LogP contribution in [0.25, 0.3) is 0 Å². The van der Waals surface area contributed by atoms with Crippen LogP contribution >= 0.6 is 0 Å². The number of alkyl halides is 2. The lowest BCUT2D eigenvalue weighted by atomic mass is 10.0. The Balaban J connectivity index is 2.03. The lowest BCUT2D eigenvalue weighted by molar-refractivity contribution is -0.118. The molecule has 0 aliphatic carbocycles. The summed E-state index contributed by atoms with van der Waals surface area (Å²) in [5, 5.41) is 5.38. The van der Waals surface area contributed by atoms with Crippen molar-refractivity contribution in [2.24, 2.45) is 5.92 Å². The zero-order chi connectivity index (χ0) is 19.1. The Morgan fingerprint density at radius 1 is 0.962 bits per heavy atom. The standard InChI is InChI=1S/C19H20F2N2O3/c1-12(2)16(23-17(24)13-6-4-3-5-7-13)18(25)22-14-8-10-15(11-9-14)26-19(20)21/h3-12,16,19H,1-2H3,(H,22,25)(H,23,24)/t16-/m0/s1. The van der Waals surface area contributed by atoms with Crippen LogP contribution in [0, 0.1) is 5.92 Å². The number of anilines is 1. The fourth-order valence-corrected chi connectivity index (χ4v) is 2.29. The SMILES string of the molecule is CC(C)[C@H](NC(=O)c1ccccc1)C(=O)Nc1ccc(OC(F)F)cc1. The molecule has 2 N–H and O–H groups in total. The molecule has 2 aromatic carbocycles. The van der Waals surface area contributed by atoms with Crippen molar-refractivity contribution in [3.63, 3.8) is 0 Å². The van der Waals surface area contributed by atoms with Crippen LogP contribution in [0.4, 0.5) is 14.5 Å². The molecule has 2 amide bonds. The average molecular weight is 362 g/mol. The minimum absolute atomic E-state index is 0.00390. The number of rotatable bonds is 7. The minimum atomic E-state index is -2.91. The Labute approximate surface area is 150 Å². The van der Waals surface area contributed by atoms with Gasteiger partial charge in [-0.1, -0.05) is 32.0 Å². The van der Waals surface area contributed by atoms with Gasteiger partial charge < -0.3 is 15.4 Å². The van der Waals surface area contributed by atoms with E-state index in [0.717, 1.165) is 0 Å². The molecule has 0 fully saturated rings. The van der Waals surface area contributed by atoms with E-state index in [1.807, 2.05) is 13.8 Å². The maximum atomic E-state index is 12.5. The van der Waals surface area contributed by atoms with Gasteiger partial charge in [0.05, 0.1) is 0 Å². The van der Waals surface area contributed by atoms with Crippen LogP contribution in [-0.4, -0.2) is 24.5 Å². The fraction of sp³-hybridized carbons (Fsp3) is 0.263. The number of hydrogen-bond donors (Lipinski definition) is 2. The molecule has 2 aromatic rings. The fourth-order valence-electron chi connectivity index (χ4n) is 2.29. The number of hydrogen-bond acceptors (Lipinski definition) is 3. The summed E-state index contributed by atoms with van der Waals surface area (Å²) in [6, 6.07) is 13.4. The predicted molar refractivity (Wildman–Crippen MR) is 94.2 cm³/mol. The van der Waals surface area contributed by atoms with E-state index in [2.05, 4.69) is 15.4 Å². The molecule has 26 heavy (non-hydrogen) atoms. The van der Waals surface area contributed by atoms with Crippen molar-refractivity contribution in [1.29, 1.82) is 0 Å². The molecule has 0 spiro atoms. The summed E-state index contributed by atoms with van der Waals surface area (Å²) in [5.41, 5.74) is 0.871. The largest absolute Gasteiger partial charge is 0.435 e. The Kier molecular flexibility index (Phi) is 6.66. The number of amides is 2. The van der Waals surface area contributed by atoms with Crippen LogP contribution in [0.15, 0.2) is 54.6 Å². The molecular formula is C19H20F2N2O3. The summed E-state index contributed by atoms with van der Waals surface area (Å²) in [4.78, 5) is 24.8. The van der Waals surface area contributed by atoms with Gasteiger partial charge in [-0.15, -0.1) is 0 Å². The molecule has 0 unspecified atom stereocenters. The second-order valence-corrected chi connectivity index (χ2v) is 5.95. The summed E-state index contributed by atoms with van der Waals surface area (Å²) in [6.45, 7) is 0.721. The summed E-state index contributed by atoms with van der Waals surface area (Å²) in [5.74, 6) is -0.896. The number of carbonyl (C=O) groups excluding carboxylic acids is 2. The Bertz CT molecular complexity index is 734. The van der Waals surface area contributed by atoms with E-state index in [0.29, 0.717) is 11.3 Å². The third-order valence-electron chi connectivity index (χ3n) is 3.62. The van der Waals surface area contributed by atoms with Gasteiger partial charge in [0.15, 0.2) is 0 Å². The summed E-state index contributed by atoms with van der Waals surface area (Å²) in [6.07, 6.45) is 0. The van der Waals surface area contributed by atoms with E-state index in [4.69, 9.17) is 0 Å². The zero-order valence-electron chi connectivity index (χ0n) is 14.4. The molecule has 0 saturated carbocycles. The molecule has 0 heterocycles. The molecular weight excluding hydrogens is 342 g/mol. The van der Waals surface area contributed by atoms with Crippen LogP contribution in [0.1, 0.15) is 24.2 Å². The van der Waals surface area contributed by atoms with Crippen molar-refractivity contribution in [3.8, 4) is 5.75 Å². The van der Waals surface area contributed by atoms with Crippen LogP contribution in [0.5, 0.6) is 5.75 Å². The first-order valence-corrected chi connectivity index (χ1v) is 8.08. The third-order valence-corrected chi connectivity index (χ3v) is 3.62. The molecule has 1 atom stereocenters. The number of halogens is 2. The van der Waals surface area contributed by atoms with Gasteiger partial charge in [0.25, 0.3) is 5.91 Å². The van der Waals surface area contributed by atoms with Crippen molar-refractivity contribution in [1.82, 2.24) is 5.32 Å². The predicted octanol–water partition coefficient (Wildman–Crippen LogP) is 3.68. The summed E-state index contributed by atoms with van der Waals surface area (Å²) in [7, 11) is 0. The quantitative estimate of drug-likeness (QED) is 0.790. The van der Waals surface area contributed by atoms with Crippen LogP contribution in [-0.2, 0) is 4.79 Å². The Hall–Kier alpha value is -2.96. The smallest absolute Gasteiger partial charge is 0.387 e. The first kappa shape index (κ1) is 19.4. The van der Waals surface area contributed by atoms with E-state index < -0.39 is 18.6 Å². The highest BCUT2D eigenvalue weighted by Gasteiger charge is 2.24. The first-order valence-electron chi connectivity index (χ1n) is 8.08. The second kappa shape index (κ2) is 8.94. The topological polar surface area (TPSA) is 67.4 Å². The van der Waals surface area contributed by atoms with Gasteiger partial charge >= 0.3 is 6.61 Å². The molecule has 0 aliphatic heterocycles. The number of benzene rings is 2. The number of carbonyl (C=O) groups is 2. The maximum absolute atomic E-state index is 12.5. The minimum Gasteiger partial charge on any atom is -0.435 e. The van der Waals surface area contributed by atoms with Crippen molar-refractivity contribution in [2.75, 3.05) is 5.32 Å². The molecule has 0 aliphatic rings. The van der Waals surface area contributed by atoms with Gasteiger partial charge in [-0.2, -0.15) is 8.78 Å². The lowest BCUT2D eigenvalue weighted by Crippen LogP contribution is -2.47. The van der Waals surface area contributed by atoms with Gasteiger partial charge in [0.2, 0.25) is 5.91 Å². The lowest BCUT2D eigenvalue weighted by Gasteiger charge is -2.22. The van der Waals surface area contributed by atoms with Crippen LogP contribution < -0.4 is 15.4 Å². The monoisotopic (exact) mass is 362 g/mol. The molecule has 2 rings (SSSR count). The number of ether oxygens (including phenoxy) is 1. The van der Waals surface area contributed by atoms with Gasteiger partial charge in [-0.05, 0) is 42.3 Å². The highest BCUT2D eigenvalue weighted by atomic mass is 19.3. The van der Waals surface area contributed by atoms with E-state index in [1.54, 1.807) is 30.3 Å². The maximum Gasteiger partial charge on any atom is 0.387 e. The molecule has 0 saturated heterocycles. The van der Waals surface area contributed by atoms with E-state index in [1.165, 1.54) is 24.3 Å². The van der Waals surface area contributed by atoms with Crippen molar-refractivity contribution in [2.45, 2.75) is 26.5 Å². The summed E-state index contributed by atoms with van der Waals surface area (Å²) >= 11 is 0. The second-order valence-electron chi connectivity index (χ2n) is 5.95. The van der Waals surface area contributed by atoms with Gasteiger partial charge in [-0.3, -0.25) is 9.59 Å². The van der Waals surface area contributed by atoms with Crippen molar-refractivity contribution < 1.29 is 23.1 Å². The molecule has 0 aromatic heterocycles. The average Bonchev–Trinajstić information content (AvgIpc) is 2.61. The molecule has 0 radical (unpaired) electrons. The molecule has 138 valence electrons. The van der Waals surface area contributed by atoms with Crippen molar-refractivity contribution >= 4 is 17.5 Å². The van der Waals surface area contributed by atoms with Gasteiger partial charge in [-0.25, -0.2) is 0 Å². The van der Waals surface area contributed by atoms with E-state index >= 15 is 0 Å². The van der Waals surface area contributed by atoms with Crippen LogP contribution in [0.2, 0.25) is 0 Å². The van der Waals surface area contributed by atoms with E-state index in [9.17, 15) is 18.4 Å². The summed E-state index contributed by atoms with van der Waals surface area (Å²) < 4.78 is 28.6. The molecule has 5 nitrogen and oxygen atoms in total. The van der Waals surface area contributed by atoms with Crippen molar-refractivity contribution in [3.05, 3.63) is 60.2 Å². The van der Waals surface area contributed by atoms with Gasteiger partial charge in [0, 0.05) is 11.3 Å². The normalized spacial score (nSPS) is 11.9. The van der Waals surface area contributed by atoms with Crippen LogP contribution in [0.3, 0.4) is 0 Å².